The molecule has 0 unspecified atom stereocenters. The SMILES string of the molecule is COc1cc(CNCc2coc(-c3ccc(C)cc3)n2)cc(OC)c1. The molecule has 3 aromatic rings. The number of nitrogens with one attached hydrogen (secondary N) is 1. The van der Waals surface area contributed by atoms with Crippen molar-refractivity contribution in [3.63, 3.8) is 0 Å². The van der Waals surface area contributed by atoms with Gasteiger partial charge in [0.25, 0.3) is 0 Å². The van der Waals surface area contributed by atoms with Gasteiger partial charge in [0.05, 0.1) is 19.9 Å². The molecule has 2 aromatic carbocycles. The van der Waals surface area contributed by atoms with E-state index in [-0.39, 0.29) is 0 Å². The number of oxazole rings is 1. The highest BCUT2D eigenvalue weighted by Gasteiger charge is 2.07. The van der Waals surface area contributed by atoms with Crippen molar-refractivity contribution in [2.24, 2.45) is 0 Å². The summed E-state index contributed by atoms with van der Waals surface area (Å²) in [5.74, 6) is 2.19. The zero-order chi connectivity index (χ0) is 17.6. The normalized spacial score (nSPS) is 10.7. The molecule has 0 spiro atoms. The molecule has 3 rings (SSSR count). The number of aryl methyl sites for hydroxylation is 1. The number of rotatable bonds is 7. The van der Waals surface area contributed by atoms with Crippen LogP contribution in [0.4, 0.5) is 0 Å². The third-order valence-electron chi connectivity index (χ3n) is 3.90. The average Bonchev–Trinajstić information content (AvgIpc) is 3.11. The van der Waals surface area contributed by atoms with Gasteiger partial charge in [0.2, 0.25) is 5.89 Å². The Morgan fingerprint density at radius 3 is 2.28 bits per heavy atom. The highest BCUT2D eigenvalue weighted by Crippen LogP contribution is 2.22. The summed E-state index contributed by atoms with van der Waals surface area (Å²) in [6.07, 6.45) is 1.69. The van der Waals surface area contributed by atoms with E-state index in [1.807, 2.05) is 42.5 Å². The van der Waals surface area contributed by atoms with E-state index >= 15 is 0 Å². The Labute approximate surface area is 147 Å². The molecule has 0 aliphatic rings. The number of benzene rings is 2. The van der Waals surface area contributed by atoms with Crippen molar-refractivity contribution in [3.05, 3.63) is 65.5 Å². The Hall–Kier alpha value is -2.79. The van der Waals surface area contributed by atoms with E-state index in [4.69, 9.17) is 13.9 Å². The van der Waals surface area contributed by atoms with Gasteiger partial charge in [-0.05, 0) is 36.8 Å². The zero-order valence-corrected chi connectivity index (χ0v) is 14.7. The third-order valence-corrected chi connectivity index (χ3v) is 3.90. The van der Waals surface area contributed by atoms with Crippen LogP contribution in [0.1, 0.15) is 16.8 Å². The van der Waals surface area contributed by atoms with Gasteiger partial charge >= 0.3 is 0 Å². The van der Waals surface area contributed by atoms with E-state index in [0.717, 1.165) is 28.3 Å². The molecule has 0 radical (unpaired) electrons. The first kappa shape index (κ1) is 17.0. The monoisotopic (exact) mass is 338 g/mol. The lowest BCUT2D eigenvalue weighted by Crippen LogP contribution is -2.13. The van der Waals surface area contributed by atoms with Gasteiger partial charge in [-0.25, -0.2) is 4.98 Å². The van der Waals surface area contributed by atoms with E-state index < -0.39 is 0 Å². The number of methoxy groups -OCH3 is 2. The minimum atomic E-state index is 0.620. The quantitative estimate of drug-likeness (QED) is 0.707. The molecule has 25 heavy (non-hydrogen) atoms. The molecule has 0 aliphatic carbocycles. The van der Waals surface area contributed by atoms with Gasteiger partial charge in [-0.1, -0.05) is 17.7 Å². The molecule has 0 fully saturated rings. The molecule has 5 heteroatoms. The summed E-state index contributed by atoms with van der Waals surface area (Å²) in [4.78, 5) is 4.53. The van der Waals surface area contributed by atoms with E-state index in [2.05, 4.69) is 17.2 Å². The molecular formula is C20H22N2O3. The Morgan fingerprint density at radius 2 is 1.64 bits per heavy atom. The number of ether oxygens (including phenoxy) is 2. The largest absolute Gasteiger partial charge is 0.497 e. The van der Waals surface area contributed by atoms with Crippen LogP contribution < -0.4 is 14.8 Å². The van der Waals surface area contributed by atoms with Crippen molar-refractivity contribution in [1.29, 1.82) is 0 Å². The lowest BCUT2D eigenvalue weighted by Gasteiger charge is -2.08. The standard InChI is InChI=1S/C20H22N2O3/c1-14-4-6-16(7-5-14)20-22-17(13-25-20)12-21-11-15-8-18(23-2)10-19(9-15)24-3/h4-10,13,21H,11-12H2,1-3H3. The molecule has 0 saturated carbocycles. The van der Waals surface area contributed by atoms with Crippen LogP contribution in [0.25, 0.3) is 11.5 Å². The topological polar surface area (TPSA) is 56.5 Å². The second kappa shape index (κ2) is 7.85. The van der Waals surface area contributed by atoms with Crippen LogP contribution in [-0.4, -0.2) is 19.2 Å². The fourth-order valence-corrected chi connectivity index (χ4v) is 2.52. The minimum Gasteiger partial charge on any atom is -0.497 e. The van der Waals surface area contributed by atoms with Gasteiger partial charge in [0.15, 0.2) is 0 Å². The van der Waals surface area contributed by atoms with Gasteiger partial charge in [-0.15, -0.1) is 0 Å². The Morgan fingerprint density at radius 1 is 0.960 bits per heavy atom. The van der Waals surface area contributed by atoms with Crippen molar-refractivity contribution in [2.45, 2.75) is 20.0 Å². The van der Waals surface area contributed by atoms with Crippen molar-refractivity contribution in [1.82, 2.24) is 10.3 Å². The van der Waals surface area contributed by atoms with Crippen molar-refractivity contribution < 1.29 is 13.9 Å². The van der Waals surface area contributed by atoms with E-state index in [1.165, 1.54) is 5.56 Å². The fraction of sp³-hybridized carbons (Fsp3) is 0.250. The average molecular weight is 338 g/mol. The van der Waals surface area contributed by atoms with E-state index in [1.54, 1.807) is 20.5 Å². The van der Waals surface area contributed by atoms with Gasteiger partial charge in [-0.2, -0.15) is 0 Å². The maximum atomic E-state index is 5.58. The molecule has 1 aromatic heterocycles. The predicted octanol–water partition coefficient (Wildman–Crippen LogP) is 3.96. The maximum Gasteiger partial charge on any atom is 0.226 e. The summed E-state index contributed by atoms with van der Waals surface area (Å²) in [7, 11) is 3.29. The molecule has 0 amide bonds. The molecule has 5 nitrogen and oxygen atoms in total. The number of nitrogens with zero attached hydrogens (tertiary/aromatic N) is 1. The lowest BCUT2D eigenvalue weighted by atomic mass is 10.1. The first-order chi connectivity index (χ1) is 12.2. The maximum absolute atomic E-state index is 5.58. The van der Waals surface area contributed by atoms with Gasteiger partial charge in [0.1, 0.15) is 17.8 Å². The summed E-state index contributed by atoms with van der Waals surface area (Å²) >= 11 is 0. The van der Waals surface area contributed by atoms with Crippen LogP contribution in [-0.2, 0) is 13.1 Å². The predicted molar refractivity (Wildman–Crippen MR) is 96.8 cm³/mol. The van der Waals surface area contributed by atoms with Crippen LogP contribution in [0.2, 0.25) is 0 Å². The van der Waals surface area contributed by atoms with Gasteiger partial charge in [-0.3, -0.25) is 0 Å². The second-order valence-corrected chi connectivity index (χ2v) is 5.83. The summed E-state index contributed by atoms with van der Waals surface area (Å²) in [5.41, 5.74) is 4.14. The van der Waals surface area contributed by atoms with Crippen molar-refractivity contribution >= 4 is 0 Å². The van der Waals surface area contributed by atoms with E-state index in [0.29, 0.717) is 19.0 Å². The Bertz CT molecular complexity index is 803. The number of hydrogen-bond acceptors (Lipinski definition) is 5. The third kappa shape index (κ3) is 4.39. The minimum absolute atomic E-state index is 0.620. The smallest absolute Gasteiger partial charge is 0.226 e. The molecule has 1 heterocycles. The van der Waals surface area contributed by atoms with E-state index in [9.17, 15) is 0 Å². The molecule has 0 saturated heterocycles. The van der Waals surface area contributed by atoms with Crippen LogP contribution >= 0.6 is 0 Å². The van der Waals surface area contributed by atoms with Gasteiger partial charge < -0.3 is 19.2 Å². The molecular weight excluding hydrogens is 316 g/mol. The number of hydrogen-bond donors (Lipinski definition) is 1. The Balaban J connectivity index is 1.60. The first-order valence-electron chi connectivity index (χ1n) is 8.12. The first-order valence-corrected chi connectivity index (χ1v) is 8.12. The zero-order valence-electron chi connectivity index (χ0n) is 14.7. The molecule has 0 atom stereocenters. The van der Waals surface area contributed by atoms with Crippen LogP contribution in [0.5, 0.6) is 11.5 Å². The molecule has 1 N–H and O–H groups in total. The van der Waals surface area contributed by atoms with Crippen molar-refractivity contribution in [2.75, 3.05) is 14.2 Å². The molecule has 0 bridgehead atoms. The lowest BCUT2D eigenvalue weighted by molar-refractivity contribution is 0.393. The van der Waals surface area contributed by atoms with Gasteiger partial charge in [0, 0.05) is 24.7 Å². The highest BCUT2D eigenvalue weighted by atomic mass is 16.5. The van der Waals surface area contributed by atoms with Crippen LogP contribution in [0.3, 0.4) is 0 Å². The second-order valence-electron chi connectivity index (χ2n) is 5.83. The summed E-state index contributed by atoms with van der Waals surface area (Å²) < 4.78 is 16.2. The van der Waals surface area contributed by atoms with Crippen LogP contribution in [0, 0.1) is 6.92 Å². The summed E-state index contributed by atoms with van der Waals surface area (Å²) in [5, 5.41) is 3.36. The molecule has 0 aliphatic heterocycles. The highest BCUT2D eigenvalue weighted by molar-refractivity contribution is 5.53. The molecule has 130 valence electrons. The Kier molecular flexibility index (Phi) is 5.36. The fourth-order valence-electron chi connectivity index (χ4n) is 2.52. The van der Waals surface area contributed by atoms with Crippen LogP contribution in [0.15, 0.2) is 53.1 Å². The number of aromatic nitrogens is 1. The summed E-state index contributed by atoms with van der Waals surface area (Å²) in [6, 6.07) is 13.9. The van der Waals surface area contributed by atoms with Crippen molar-refractivity contribution in [3.8, 4) is 23.0 Å². The summed E-state index contributed by atoms with van der Waals surface area (Å²) in [6.45, 7) is 3.36.